The van der Waals surface area contributed by atoms with Crippen molar-refractivity contribution >= 4 is 58.7 Å². The van der Waals surface area contributed by atoms with Gasteiger partial charge in [0.25, 0.3) is 0 Å². The number of nitrogens with zero attached hydrogens (tertiary/aromatic N) is 1. The smallest absolute Gasteiger partial charge is 0.0728 e. The normalized spacial score (nSPS) is 10.8. The summed E-state index contributed by atoms with van der Waals surface area (Å²) in [6, 6.07) is 8.15. The van der Waals surface area contributed by atoms with Crippen molar-refractivity contribution in [2.75, 3.05) is 0 Å². The second kappa shape index (κ2) is 4.29. The first-order chi connectivity index (χ1) is 6.70. The maximum atomic E-state index is 4.51. The lowest BCUT2D eigenvalue weighted by Crippen LogP contribution is -1.86. The lowest BCUT2D eigenvalue weighted by Gasteiger charge is -2.03. The lowest BCUT2D eigenvalue weighted by molar-refractivity contribution is 1.23. The highest BCUT2D eigenvalue weighted by Gasteiger charge is 2.02. The maximum absolute atomic E-state index is 4.51. The Kier molecular flexibility index (Phi) is 3.24. The SMILES string of the molecule is BrCc1ccc2c(Br)cc(Br)cc2n1. The van der Waals surface area contributed by atoms with Gasteiger partial charge in [-0.3, -0.25) is 4.98 Å². The van der Waals surface area contributed by atoms with Crippen molar-refractivity contribution in [3.05, 3.63) is 38.9 Å². The van der Waals surface area contributed by atoms with Gasteiger partial charge < -0.3 is 0 Å². The van der Waals surface area contributed by atoms with Crippen molar-refractivity contribution in [2.45, 2.75) is 5.33 Å². The summed E-state index contributed by atoms with van der Waals surface area (Å²) in [6.45, 7) is 0. The van der Waals surface area contributed by atoms with Gasteiger partial charge in [-0.1, -0.05) is 47.8 Å². The zero-order chi connectivity index (χ0) is 10.1. The van der Waals surface area contributed by atoms with Crippen LogP contribution in [0.3, 0.4) is 0 Å². The van der Waals surface area contributed by atoms with Crippen LogP contribution in [0.4, 0.5) is 0 Å². The zero-order valence-electron chi connectivity index (χ0n) is 7.10. The molecule has 2 rings (SSSR count). The molecule has 0 aliphatic rings. The quantitative estimate of drug-likeness (QED) is 0.657. The van der Waals surface area contributed by atoms with Crippen LogP contribution in [0.25, 0.3) is 10.9 Å². The molecule has 0 radical (unpaired) electrons. The monoisotopic (exact) mass is 377 g/mol. The molecule has 0 aliphatic carbocycles. The highest BCUT2D eigenvalue weighted by Crippen LogP contribution is 2.27. The number of pyridine rings is 1. The van der Waals surface area contributed by atoms with E-state index in [1.807, 2.05) is 18.2 Å². The first-order valence-electron chi connectivity index (χ1n) is 4.01. The Bertz CT molecular complexity index is 482. The molecule has 14 heavy (non-hydrogen) atoms. The Morgan fingerprint density at radius 1 is 1.14 bits per heavy atom. The molecule has 1 heterocycles. The first kappa shape index (κ1) is 10.6. The number of halogens is 3. The predicted molar refractivity (Wildman–Crippen MR) is 69.8 cm³/mol. The van der Waals surface area contributed by atoms with E-state index in [-0.39, 0.29) is 0 Å². The fourth-order valence-corrected chi connectivity index (χ4v) is 2.92. The minimum Gasteiger partial charge on any atom is -0.252 e. The second-order valence-electron chi connectivity index (χ2n) is 2.89. The molecule has 0 saturated heterocycles. The molecule has 0 N–H and O–H groups in total. The van der Waals surface area contributed by atoms with Crippen molar-refractivity contribution in [3.63, 3.8) is 0 Å². The van der Waals surface area contributed by atoms with Gasteiger partial charge in [0.15, 0.2) is 0 Å². The molecule has 0 bridgehead atoms. The highest BCUT2D eigenvalue weighted by molar-refractivity contribution is 9.11. The highest BCUT2D eigenvalue weighted by atomic mass is 79.9. The number of hydrogen-bond acceptors (Lipinski definition) is 1. The molecule has 4 heteroatoms. The van der Waals surface area contributed by atoms with Crippen LogP contribution in [-0.2, 0) is 5.33 Å². The van der Waals surface area contributed by atoms with E-state index in [4.69, 9.17) is 0 Å². The first-order valence-corrected chi connectivity index (χ1v) is 6.72. The third-order valence-corrected chi connectivity index (χ3v) is 3.60. The largest absolute Gasteiger partial charge is 0.252 e. The Morgan fingerprint density at radius 2 is 1.93 bits per heavy atom. The summed E-state index contributed by atoms with van der Waals surface area (Å²) >= 11 is 10.4. The van der Waals surface area contributed by atoms with Crippen LogP contribution >= 0.6 is 47.8 Å². The molecule has 0 amide bonds. The standard InChI is InChI=1S/C10H6Br3N/c11-5-7-1-2-8-9(13)3-6(12)4-10(8)14-7/h1-4H,5H2. The van der Waals surface area contributed by atoms with E-state index < -0.39 is 0 Å². The van der Waals surface area contributed by atoms with Crippen LogP contribution in [0.2, 0.25) is 0 Å². The summed E-state index contributed by atoms with van der Waals surface area (Å²) in [7, 11) is 0. The van der Waals surface area contributed by atoms with Crippen LogP contribution in [-0.4, -0.2) is 4.98 Å². The second-order valence-corrected chi connectivity index (χ2v) is 5.22. The summed E-state index contributed by atoms with van der Waals surface area (Å²) in [5.74, 6) is 0. The minimum absolute atomic E-state index is 0.785. The van der Waals surface area contributed by atoms with Gasteiger partial charge in [-0.2, -0.15) is 0 Å². The molecule has 1 aromatic carbocycles. The molecule has 0 saturated carbocycles. The fraction of sp³-hybridized carbons (Fsp3) is 0.100. The van der Waals surface area contributed by atoms with Crippen molar-refractivity contribution in [1.82, 2.24) is 4.98 Å². The van der Waals surface area contributed by atoms with Gasteiger partial charge in [0.2, 0.25) is 0 Å². The number of hydrogen-bond donors (Lipinski definition) is 0. The molecule has 0 spiro atoms. The van der Waals surface area contributed by atoms with Crippen molar-refractivity contribution < 1.29 is 0 Å². The number of rotatable bonds is 1. The number of alkyl halides is 1. The molecule has 0 atom stereocenters. The van der Waals surface area contributed by atoms with Crippen LogP contribution in [0.1, 0.15) is 5.69 Å². The molecular formula is C10H6Br3N. The van der Waals surface area contributed by atoms with E-state index >= 15 is 0 Å². The zero-order valence-corrected chi connectivity index (χ0v) is 11.9. The van der Waals surface area contributed by atoms with Crippen molar-refractivity contribution in [3.8, 4) is 0 Å². The predicted octanol–water partition coefficient (Wildman–Crippen LogP) is 4.65. The molecule has 72 valence electrons. The molecule has 0 unspecified atom stereocenters. The Labute approximate surface area is 107 Å². The van der Waals surface area contributed by atoms with Gasteiger partial charge >= 0.3 is 0 Å². The average molecular weight is 380 g/mol. The Morgan fingerprint density at radius 3 is 2.64 bits per heavy atom. The number of fused-ring (bicyclic) bond motifs is 1. The third-order valence-electron chi connectivity index (χ3n) is 1.92. The van der Waals surface area contributed by atoms with E-state index in [9.17, 15) is 0 Å². The molecule has 0 fully saturated rings. The van der Waals surface area contributed by atoms with Gasteiger partial charge in [-0.25, -0.2) is 0 Å². The van der Waals surface area contributed by atoms with Gasteiger partial charge in [0.05, 0.1) is 11.2 Å². The van der Waals surface area contributed by atoms with Crippen molar-refractivity contribution in [1.29, 1.82) is 0 Å². The summed E-state index contributed by atoms with van der Waals surface area (Å²) in [4.78, 5) is 4.51. The Hall–Kier alpha value is 0.0700. The van der Waals surface area contributed by atoms with E-state index in [1.54, 1.807) is 0 Å². The van der Waals surface area contributed by atoms with E-state index in [0.717, 1.165) is 30.9 Å². The molecule has 1 nitrogen and oxygen atoms in total. The van der Waals surface area contributed by atoms with Gasteiger partial charge in [-0.15, -0.1) is 0 Å². The van der Waals surface area contributed by atoms with E-state index in [2.05, 4.69) is 58.8 Å². The third kappa shape index (κ3) is 2.02. The van der Waals surface area contributed by atoms with Crippen LogP contribution < -0.4 is 0 Å². The van der Waals surface area contributed by atoms with E-state index in [0.29, 0.717) is 0 Å². The van der Waals surface area contributed by atoms with Crippen LogP contribution in [0, 0.1) is 0 Å². The Balaban J connectivity index is 2.75. The van der Waals surface area contributed by atoms with E-state index in [1.165, 1.54) is 0 Å². The van der Waals surface area contributed by atoms with Gasteiger partial charge in [0.1, 0.15) is 0 Å². The molecule has 0 aliphatic heterocycles. The summed E-state index contributed by atoms with van der Waals surface area (Å²) in [5, 5.41) is 1.92. The molecular weight excluding hydrogens is 374 g/mol. The van der Waals surface area contributed by atoms with Gasteiger partial charge in [0, 0.05) is 19.7 Å². The average Bonchev–Trinajstić information content (AvgIpc) is 2.16. The van der Waals surface area contributed by atoms with Crippen LogP contribution in [0.15, 0.2) is 33.2 Å². The number of aromatic nitrogens is 1. The number of benzene rings is 1. The minimum atomic E-state index is 0.785. The fourth-order valence-electron chi connectivity index (χ4n) is 1.27. The molecule has 1 aromatic heterocycles. The lowest BCUT2D eigenvalue weighted by atomic mass is 10.2. The van der Waals surface area contributed by atoms with Gasteiger partial charge in [-0.05, 0) is 24.3 Å². The van der Waals surface area contributed by atoms with Crippen molar-refractivity contribution in [2.24, 2.45) is 0 Å². The summed E-state index contributed by atoms with van der Waals surface area (Å²) in [6.07, 6.45) is 0. The molecule has 2 aromatic rings. The topological polar surface area (TPSA) is 12.9 Å². The summed E-state index contributed by atoms with van der Waals surface area (Å²) < 4.78 is 2.10. The summed E-state index contributed by atoms with van der Waals surface area (Å²) in [5.41, 5.74) is 2.05. The van der Waals surface area contributed by atoms with Crippen LogP contribution in [0.5, 0.6) is 0 Å². The maximum Gasteiger partial charge on any atom is 0.0728 e.